The highest BCUT2D eigenvalue weighted by molar-refractivity contribution is 5.93. The molecule has 0 unspecified atom stereocenters. The Kier molecular flexibility index (Phi) is 4.47. The summed E-state index contributed by atoms with van der Waals surface area (Å²) in [5.74, 6) is 0.481. The molecule has 1 aromatic rings. The number of nitrogens with one attached hydrogen (secondary N) is 1. The Morgan fingerprint density at radius 1 is 1.53 bits per heavy atom. The third-order valence-electron chi connectivity index (χ3n) is 3.55. The van der Waals surface area contributed by atoms with E-state index in [1.54, 1.807) is 6.07 Å². The summed E-state index contributed by atoms with van der Waals surface area (Å²) in [6, 6.07) is 1.96. The maximum atomic E-state index is 12.2. The number of ether oxygens (including phenoxy) is 1. The lowest BCUT2D eigenvalue weighted by Gasteiger charge is -2.22. The molecule has 1 fully saturated rings. The van der Waals surface area contributed by atoms with Crippen LogP contribution in [0.3, 0.4) is 0 Å². The van der Waals surface area contributed by atoms with E-state index in [4.69, 9.17) is 10.5 Å². The zero-order valence-electron chi connectivity index (χ0n) is 11.7. The van der Waals surface area contributed by atoms with Gasteiger partial charge in [-0.05, 0) is 38.7 Å². The maximum absolute atomic E-state index is 12.2. The first-order valence-corrected chi connectivity index (χ1v) is 6.91. The van der Waals surface area contributed by atoms with Crippen LogP contribution < -0.4 is 11.1 Å². The van der Waals surface area contributed by atoms with E-state index in [9.17, 15) is 4.79 Å². The van der Waals surface area contributed by atoms with Crippen molar-refractivity contribution in [3.05, 3.63) is 18.0 Å². The topological polar surface area (TPSA) is 69.3 Å². The summed E-state index contributed by atoms with van der Waals surface area (Å²) in [6.07, 6.45) is 3.86. The van der Waals surface area contributed by atoms with Crippen molar-refractivity contribution in [1.82, 2.24) is 9.88 Å². The smallest absolute Gasteiger partial charge is 0.268 e. The minimum absolute atomic E-state index is 0.0445. The Balaban J connectivity index is 1.95. The van der Waals surface area contributed by atoms with Gasteiger partial charge in [0.25, 0.3) is 5.91 Å². The molecule has 1 aliphatic heterocycles. The van der Waals surface area contributed by atoms with Gasteiger partial charge in [0.05, 0.1) is 5.69 Å². The average Bonchev–Trinajstić information content (AvgIpc) is 2.79. The first kappa shape index (κ1) is 13.9. The second kappa shape index (κ2) is 6.10. The highest BCUT2D eigenvalue weighted by Crippen LogP contribution is 2.17. The molecule has 0 radical (unpaired) electrons. The number of nitrogens with two attached hydrogens (primary N) is 1. The zero-order chi connectivity index (χ0) is 13.8. The molecule has 106 valence electrons. The van der Waals surface area contributed by atoms with Crippen LogP contribution in [0.25, 0.3) is 0 Å². The van der Waals surface area contributed by atoms with Crippen molar-refractivity contribution >= 4 is 11.6 Å². The highest BCUT2D eigenvalue weighted by atomic mass is 16.5. The Labute approximate surface area is 114 Å². The van der Waals surface area contributed by atoms with Crippen LogP contribution in [0, 0.1) is 5.92 Å². The molecule has 1 aromatic heterocycles. The molecule has 5 nitrogen and oxygen atoms in total. The number of carbonyl (C=O) groups excluding carboxylic acids is 1. The number of rotatable bonds is 4. The molecule has 0 aliphatic carbocycles. The molecule has 0 saturated carbocycles. The van der Waals surface area contributed by atoms with Gasteiger partial charge in [-0.15, -0.1) is 0 Å². The van der Waals surface area contributed by atoms with Gasteiger partial charge in [-0.3, -0.25) is 4.79 Å². The molecule has 1 amide bonds. The second-order valence-electron chi connectivity index (χ2n) is 5.43. The Morgan fingerprint density at radius 3 is 2.84 bits per heavy atom. The van der Waals surface area contributed by atoms with Crippen molar-refractivity contribution in [2.45, 2.75) is 32.7 Å². The van der Waals surface area contributed by atoms with E-state index in [0.717, 1.165) is 26.1 Å². The lowest BCUT2D eigenvalue weighted by molar-refractivity contribution is 0.0641. The lowest BCUT2D eigenvalue weighted by atomic mass is 10.0. The molecule has 5 heteroatoms. The quantitative estimate of drug-likeness (QED) is 0.872. The Morgan fingerprint density at radius 2 is 2.21 bits per heavy atom. The molecule has 1 saturated heterocycles. The minimum Gasteiger partial charge on any atom is -0.397 e. The van der Waals surface area contributed by atoms with Gasteiger partial charge in [-0.25, -0.2) is 0 Å². The van der Waals surface area contributed by atoms with Gasteiger partial charge in [-0.1, -0.05) is 0 Å². The largest absolute Gasteiger partial charge is 0.397 e. The van der Waals surface area contributed by atoms with Crippen molar-refractivity contribution in [2.75, 3.05) is 25.5 Å². The summed E-state index contributed by atoms with van der Waals surface area (Å²) in [6.45, 7) is 6.39. The number of nitrogen functional groups attached to an aromatic ring is 1. The molecule has 2 rings (SSSR count). The van der Waals surface area contributed by atoms with Crippen LogP contribution in [-0.2, 0) is 4.74 Å². The second-order valence-corrected chi connectivity index (χ2v) is 5.43. The number of carbonyl (C=O) groups is 1. The van der Waals surface area contributed by atoms with Crippen LogP contribution >= 0.6 is 0 Å². The Hall–Kier alpha value is -1.49. The minimum atomic E-state index is -0.0445. The van der Waals surface area contributed by atoms with E-state index < -0.39 is 0 Å². The van der Waals surface area contributed by atoms with Gasteiger partial charge >= 0.3 is 0 Å². The highest BCUT2D eigenvalue weighted by Gasteiger charge is 2.18. The fraction of sp³-hybridized carbons (Fsp3) is 0.643. The van der Waals surface area contributed by atoms with E-state index in [-0.39, 0.29) is 11.9 Å². The van der Waals surface area contributed by atoms with Crippen LogP contribution in [0.1, 0.15) is 43.2 Å². The monoisotopic (exact) mass is 265 g/mol. The Bertz CT molecular complexity index is 434. The number of amides is 1. The van der Waals surface area contributed by atoms with Crippen molar-refractivity contribution in [3.8, 4) is 0 Å². The number of nitrogens with zero attached hydrogens (tertiary/aromatic N) is 1. The number of aromatic nitrogens is 1. The van der Waals surface area contributed by atoms with E-state index in [1.165, 1.54) is 0 Å². The van der Waals surface area contributed by atoms with Gasteiger partial charge < -0.3 is 20.4 Å². The molecular weight excluding hydrogens is 242 g/mol. The van der Waals surface area contributed by atoms with Gasteiger partial charge in [0.1, 0.15) is 5.69 Å². The zero-order valence-corrected chi connectivity index (χ0v) is 11.7. The summed E-state index contributed by atoms with van der Waals surface area (Å²) in [5, 5.41) is 3.01. The predicted molar refractivity (Wildman–Crippen MR) is 75.1 cm³/mol. The first-order valence-electron chi connectivity index (χ1n) is 6.91. The summed E-state index contributed by atoms with van der Waals surface area (Å²) in [5.41, 5.74) is 7.04. The maximum Gasteiger partial charge on any atom is 0.268 e. The van der Waals surface area contributed by atoms with Crippen molar-refractivity contribution in [1.29, 1.82) is 0 Å². The van der Waals surface area contributed by atoms with Gasteiger partial charge in [-0.2, -0.15) is 0 Å². The summed E-state index contributed by atoms with van der Waals surface area (Å²) >= 11 is 0. The SMILES string of the molecule is CC(C)n1cc(N)cc1C(=O)NCC1CCOCC1. The summed E-state index contributed by atoms with van der Waals surface area (Å²) in [7, 11) is 0. The number of hydrogen-bond donors (Lipinski definition) is 2. The number of hydrogen-bond acceptors (Lipinski definition) is 3. The van der Waals surface area contributed by atoms with Crippen molar-refractivity contribution < 1.29 is 9.53 Å². The fourth-order valence-electron chi connectivity index (χ4n) is 2.39. The number of anilines is 1. The normalized spacial score (nSPS) is 16.8. The molecular formula is C14H23N3O2. The molecule has 0 aromatic carbocycles. The third kappa shape index (κ3) is 3.50. The van der Waals surface area contributed by atoms with E-state index >= 15 is 0 Å². The molecule has 3 N–H and O–H groups in total. The van der Waals surface area contributed by atoms with Crippen LogP contribution in [-0.4, -0.2) is 30.2 Å². The fourth-order valence-corrected chi connectivity index (χ4v) is 2.39. The average molecular weight is 265 g/mol. The molecule has 2 heterocycles. The van der Waals surface area contributed by atoms with Crippen molar-refractivity contribution in [2.24, 2.45) is 5.92 Å². The third-order valence-corrected chi connectivity index (χ3v) is 3.55. The lowest BCUT2D eigenvalue weighted by Crippen LogP contribution is -2.33. The molecule has 1 aliphatic rings. The predicted octanol–water partition coefficient (Wildman–Crippen LogP) is 1.81. The van der Waals surface area contributed by atoms with Crippen LogP contribution in [0.15, 0.2) is 12.3 Å². The van der Waals surface area contributed by atoms with E-state index in [1.807, 2.05) is 24.6 Å². The van der Waals surface area contributed by atoms with Crippen LogP contribution in [0.5, 0.6) is 0 Å². The van der Waals surface area contributed by atoms with Gasteiger partial charge in [0.2, 0.25) is 0 Å². The summed E-state index contributed by atoms with van der Waals surface area (Å²) < 4.78 is 7.22. The van der Waals surface area contributed by atoms with Gasteiger partial charge in [0, 0.05) is 32.0 Å². The molecule has 19 heavy (non-hydrogen) atoms. The van der Waals surface area contributed by atoms with Crippen LogP contribution in [0.4, 0.5) is 5.69 Å². The first-order chi connectivity index (χ1) is 9.08. The molecule has 0 spiro atoms. The summed E-state index contributed by atoms with van der Waals surface area (Å²) in [4.78, 5) is 12.2. The van der Waals surface area contributed by atoms with Crippen LogP contribution in [0.2, 0.25) is 0 Å². The standard InChI is InChI=1S/C14H23N3O2/c1-10(2)17-9-12(15)7-13(17)14(18)16-8-11-3-5-19-6-4-11/h7,9-11H,3-6,8,15H2,1-2H3,(H,16,18). The van der Waals surface area contributed by atoms with E-state index in [0.29, 0.717) is 23.8 Å². The van der Waals surface area contributed by atoms with Gasteiger partial charge in [0.15, 0.2) is 0 Å². The van der Waals surface area contributed by atoms with Crippen molar-refractivity contribution in [3.63, 3.8) is 0 Å². The molecule has 0 bridgehead atoms. The molecule has 0 atom stereocenters. The van der Waals surface area contributed by atoms with E-state index in [2.05, 4.69) is 5.32 Å².